The molecule has 0 aromatic carbocycles. The molecule has 0 aliphatic carbocycles. The molecule has 8 heavy (non-hydrogen) atoms. The van der Waals surface area contributed by atoms with Crippen molar-refractivity contribution in [2.75, 3.05) is 6.61 Å². The van der Waals surface area contributed by atoms with Crippen LogP contribution in [0.25, 0.3) is 0 Å². The molecule has 0 atom stereocenters. The van der Waals surface area contributed by atoms with Crippen LogP contribution in [0.2, 0.25) is 0 Å². The van der Waals surface area contributed by atoms with Gasteiger partial charge in [0.15, 0.2) is 0 Å². The first kappa shape index (κ1) is 15.9. The van der Waals surface area contributed by atoms with Gasteiger partial charge in [-0.3, -0.25) is 0 Å². The Bertz CT molecular complexity index is 41.4. The third kappa shape index (κ3) is 15.8. The Morgan fingerprint density at radius 2 is 2.25 bits per heavy atom. The number of ether oxygens (including phenoxy) is 1. The Labute approximate surface area is 77.4 Å². The van der Waals surface area contributed by atoms with Gasteiger partial charge >= 0.3 is 23.1 Å². The van der Waals surface area contributed by atoms with Gasteiger partial charge in [-0.05, 0) is 6.92 Å². The van der Waals surface area contributed by atoms with Crippen molar-refractivity contribution in [3.63, 3.8) is 0 Å². The minimum atomic E-state index is 0. The van der Waals surface area contributed by atoms with E-state index in [1.165, 1.54) is 0 Å². The van der Waals surface area contributed by atoms with E-state index in [4.69, 9.17) is 4.74 Å². The minimum absolute atomic E-state index is 0. The van der Waals surface area contributed by atoms with Gasteiger partial charge in [-0.15, -0.1) is 6.61 Å². The molecule has 0 aromatic rings. The first-order valence-corrected chi connectivity index (χ1v) is 1.97. The quantitative estimate of drug-likeness (QED) is 0.283. The number of hydrogen-bond donors (Lipinski definition) is 0. The Hall–Kier alpha value is 0.816. The smallest absolute Gasteiger partial charge is 1.00 e. The van der Waals surface area contributed by atoms with Crippen LogP contribution in [0.15, 0.2) is 12.7 Å². The predicted molar refractivity (Wildman–Crippen MR) is 31.9 cm³/mol. The van der Waals surface area contributed by atoms with Crippen LogP contribution in [0.1, 0.15) is 6.92 Å². The van der Waals surface area contributed by atoms with Crippen molar-refractivity contribution >= 4 is 23.1 Å². The molecule has 0 amide bonds. The Morgan fingerprint density at radius 1 is 1.75 bits per heavy atom. The van der Waals surface area contributed by atoms with Crippen LogP contribution in [-0.2, 0) is 4.74 Å². The standard InChI is InChI=1S/C5H9O.BrH.Mg/c1-3-5-6-4-2;;/h3,5H,1,4H2,2H3;1H;/q-1;;+2/p-1. The van der Waals surface area contributed by atoms with Gasteiger partial charge in [-0.25, -0.2) is 12.7 Å². The molecule has 0 heterocycles. The molecule has 0 aromatic heterocycles. The number of halogens is 1. The molecule has 0 aliphatic rings. The zero-order valence-electron chi connectivity index (χ0n) is 5.06. The number of rotatable bonds is 3. The SMILES string of the molecule is C=C[CH-]OCC.[Br-].[Mg+2]. The van der Waals surface area contributed by atoms with Crippen LogP contribution in [0, 0.1) is 6.61 Å². The topological polar surface area (TPSA) is 9.23 Å². The monoisotopic (exact) mass is 188 g/mol. The molecule has 0 aliphatic heterocycles. The zero-order chi connectivity index (χ0) is 4.83. The summed E-state index contributed by atoms with van der Waals surface area (Å²) in [5.74, 6) is 0. The van der Waals surface area contributed by atoms with Crippen molar-refractivity contribution in [3.8, 4) is 0 Å². The fourth-order valence-corrected chi connectivity index (χ4v) is 0.164. The van der Waals surface area contributed by atoms with E-state index in [0.717, 1.165) is 6.61 Å². The summed E-state index contributed by atoms with van der Waals surface area (Å²) in [6.07, 6.45) is 1.61. The molecular formula is C5H9BrMgO. The normalized spacial score (nSPS) is 5.62. The fraction of sp³-hybridized carbons (Fsp3) is 0.400. The molecule has 0 spiro atoms. The average molecular weight is 189 g/mol. The summed E-state index contributed by atoms with van der Waals surface area (Å²) in [7, 11) is 0. The van der Waals surface area contributed by atoms with Crippen molar-refractivity contribution in [2.24, 2.45) is 0 Å². The fourth-order valence-electron chi connectivity index (χ4n) is 0.164. The van der Waals surface area contributed by atoms with Crippen molar-refractivity contribution in [1.29, 1.82) is 0 Å². The molecule has 44 valence electrons. The van der Waals surface area contributed by atoms with Gasteiger partial charge < -0.3 is 21.7 Å². The van der Waals surface area contributed by atoms with Gasteiger partial charge in [0.05, 0.1) is 0 Å². The molecule has 0 bridgehead atoms. The van der Waals surface area contributed by atoms with Crippen LogP contribution in [0.4, 0.5) is 0 Å². The summed E-state index contributed by atoms with van der Waals surface area (Å²) in [6, 6.07) is 0. The zero-order valence-corrected chi connectivity index (χ0v) is 8.06. The Kier molecular flexibility index (Phi) is 31.2. The molecule has 3 heteroatoms. The molecule has 0 unspecified atom stereocenters. The van der Waals surface area contributed by atoms with Gasteiger partial charge in [-0.1, -0.05) is 0 Å². The van der Waals surface area contributed by atoms with Crippen LogP contribution in [-0.4, -0.2) is 29.7 Å². The van der Waals surface area contributed by atoms with Crippen molar-refractivity contribution < 1.29 is 21.7 Å². The molecule has 0 saturated heterocycles. The van der Waals surface area contributed by atoms with E-state index in [-0.39, 0.29) is 40.0 Å². The first-order chi connectivity index (χ1) is 2.91. The first-order valence-electron chi connectivity index (χ1n) is 1.97. The maximum atomic E-state index is 4.74. The van der Waals surface area contributed by atoms with Gasteiger partial charge in [0.25, 0.3) is 0 Å². The van der Waals surface area contributed by atoms with Crippen LogP contribution in [0.5, 0.6) is 0 Å². The van der Waals surface area contributed by atoms with E-state index >= 15 is 0 Å². The summed E-state index contributed by atoms with van der Waals surface area (Å²) in [6.45, 7) is 7.65. The molecule has 0 rings (SSSR count). The average Bonchev–Trinajstić information content (AvgIpc) is 1.61. The summed E-state index contributed by atoms with van der Waals surface area (Å²) >= 11 is 0. The van der Waals surface area contributed by atoms with E-state index in [1.54, 1.807) is 12.7 Å². The minimum Gasteiger partial charge on any atom is -1.00 e. The Balaban J connectivity index is -0.000000125. The van der Waals surface area contributed by atoms with E-state index in [1.807, 2.05) is 6.92 Å². The van der Waals surface area contributed by atoms with Gasteiger partial charge in [0.2, 0.25) is 0 Å². The van der Waals surface area contributed by atoms with Crippen molar-refractivity contribution in [3.05, 3.63) is 19.3 Å². The van der Waals surface area contributed by atoms with E-state index in [0.29, 0.717) is 0 Å². The second-order valence-electron chi connectivity index (χ2n) is 0.827. The largest absolute Gasteiger partial charge is 2.00 e. The molecule has 0 radical (unpaired) electrons. The third-order valence-corrected chi connectivity index (χ3v) is 0.359. The van der Waals surface area contributed by atoms with Gasteiger partial charge in [0, 0.05) is 6.61 Å². The van der Waals surface area contributed by atoms with E-state index in [2.05, 4.69) is 6.58 Å². The van der Waals surface area contributed by atoms with Gasteiger partial charge in [-0.2, -0.15) is 0 Å². The van der Waals surface area contributed by atoms with Crippen molar-refractivity contribution in [2.45, 2.75) is 6.92 Å². The maximum Gasteiger partial charge on any atom is 2.00 e. The van der Waals surface area contributed by atoms with Crippen LogP contribution in [0.3, 0.4) is 0 Å². The van der Waals surface area contributed by atoms with E-state index in [9.17, 15) is 0 Å². The second kappa shape index (κ2) is 15.7. The van der Waals surface area contributed by atoms with Gasteiger partial charge in [0.1, 0.15) is 0 Å². The van der Waals surface area contributed by atoms with E-state index < -0.39 is 0 Å². The molecular weight excluding hydrogens is 180 g/mol. The Morgan fingerprint density at radius 3 is 2.38 bits per heavy atom. The van der Waals surface area contributed by atoms with Crippen LogP contribution >= 0.6 is 0 Å². The molecule has 0 fully saturated rings. The molecule has 1 nitrogen and oxygen atoms in total. The molecule has 0 saturated carbocycles. The summed E-state index contributed by atoms with van der Waals surface area (Å²) in [4.78, 5) is 0. The second-order valence-corrected chi connectivity index (χ2v) is 0.827. The van der Waals surface area contributed by atoms with Crippen molar-refractivity contribution in [1.82, 2.24) is 0 Å². The summed E-state index contributed by atoms with van der Waals surface area (Å²) in [5, 5.41) is 0. The molecule has 0 N–H and O–H groups in total. The third-order valence-electron chi connectivity index (χ3n) is 0.359. The van der Waals surface area contributed by atoms with Crippen LogP contribution < -0.4 is 17.0 Å². The predicted octanol–water partition coefficient (Wildman–Crippen LogP) is -2.01. The summed E-state index contributed by atoms with van der Waals surface area (Å²) in [5.41, 5.74) is 0. The number of hydrogen-bond acceptors (Lipinski definition) is 1. The summed E-state index contributed by atoms with van der Waals surface area (Å²) < 4.78 is 4.74. The maximum absolute atomic E-state index is 4.74.